The summed E-state index contributed by atoms with van der Waals surface area (Å²) in [5.74, 6) is -2.04. The Morgan fingerprint density at radius 1 is 1.31 bits per heavy atom. The summed E-state index contributed by atoms with van der Waals surface area (Å²) in [7, 11) is 0. The fourth-order valence-electron chi connectivity index (χ4n) is 0.452. The zero-order valence-electron chi connectivity index (χ0n) is 7.74. The van der Waals surface area contributed by atoms with Crippen molar-refractivity contribution < 1.29 is 24.5 Å². The number of carbonyl (C=O) groups excluding carboxylic acids is 2. The van der Waals surface area contributed by atoms with Gasteiger partial charge >= 0.3 is 5.97 Å². The second-order valence-electron chi connectivity index (χ2n) is 3.48. The van der Waals surface area contributed by atoms with Crippen LogP contribution < -0.4 is 0 Å². The number of rotatable bonds is 5. The van der Waals surface area contributed by atoms with Crippen molar-refractivity contribution in [3.8, 4) is 0 Å². The van der Waals surface area contributed by atoms with E-state index in [0.29, 0.717) is 0 Å². The molecule has 0 spiro atoms. The van der Waals surface area contributed by atoms with E-state index < -0.39 is 23.8 Å². The van der Waals surface area contributed by atoms with Gasteiger partial charge in [-0.25, -0.2) is 4.79 Å². The van der Waals surface area contributed by atoms with Crippen LogP contribution in [0.3, 0.4) is 0 Å². The Morgan fingerprint density at radius 2 is 1.85 bits per heavy atom. The Bertz CT molecular complexity index is 197. The number of aliphatic hydroxyl groups excluding tert-OH is 2. The van der Waals surface area contributed by atoms with Crippen molar-refractivity contribution in [1.29, 1.82) is 0 Å². The molecular weight excluding hydrogens is 176 g/mol. The van der Waals surface area contributed by atoms with Crippen molar-refractivity contribution in [3.63, 3.8) is 0 Å². The van der Waals surface area contributed by atoms with Crippen molar-refractivity contribution in [1.82, 2.24) is 0 Å². The molecule has 0 saturated heterocycles. The molecule has 0 amide bonds. The lowest BCUT2D eigenvalue weighted by Gasteiger charge is -2.20. The molecule has 0 saturated carbocycles. The number of Topliss-reactive ketones (excluding diaryl/α,β-unsaturated/α-hetero) is 1. The van der Waals surface area contributed by atoms with Gasteiger partial charge in [0.15, 0.2) is 0 Å². The molecule has 5 heteroatoms. The molecule has 0 atom stereocenters. The molecule has 0 aromatic rings. The number of ketones is 1. The lowest BCUT2D eigenvalue weighted by atomic mass is 9.97. The van der Waals surface area contributed by atoms with Crippen LogP contribution in [0.2, 0.25) is 0 Å². The number of aliphatic hydroxyl groups is 2. The van der Waals surface area contributed by atoms with Crippen molar-refractivity contribution in [3.05, 3.63) is 0 Å². The first kappa shape index (κ1) is 12.1. The van der Waals surface area contributed by atoms with Gasteiger partial charge < -0.3 is 14.9 Å². The van der Waals surface area contributed by atoms with Crippen LogP contribution in [0, 0.1) is 5.41 Å². The summed E-state index contributed by atoms with van der Waals surface area (Å²) in [6.07, 6.45) is 0. The topological polar surface area (TPSA) is 83.8 Å². The number of carbonyl (C=O) groups is 2. The van der Waals surface area contributed by atoms with Gasteiger partial charge in [-0.05, 0) is 0 Å². The molecule has 0 aromatic carbocycles. The number of hydrogen-bond donors (Lipinski definition) is 2. The minimum Gasteiger partial charge on any atom is -0.459 e. The zero-order chi connectivity index (χ0) is 10.5. The Morgan fingerprint density at radius 3 is 2.23 bits per heavy atom. The highest BCUT2D eigenvalue weighted by molar-refractivity contribution is 6.34. The highest BCUT2D eigenvalue weighted by Gasteiger charge is 2.21. The Hall–Kier alpha value is -0.940. The van der Waals surface area contributed by atoms with E-state index in [9.17, 15) is 9.59 Å². The highest BCUT2D eigenvalue weighted by atomic mass is 16.5. The van der Waals surface area contributed by atoms with E-state index >= 15 is 0 Å². The smallest absolute Gasteiger partial charge is 0.377 e. The number of esters is 1. The molecule has 0 unspecified atom stereocenters. The molecule has 0 aliphatic heterocycles. The lowest BCUT2D eigenvalue weighted by Crippen LogP contribution is -2.29. The second kappa shape index (κ2) is 4.94. The summed E-state index contributed by atoms with van der Waals surface area (Å²) in [6.45, 7) is 2.33. The van der Waals surface area contributed by atoms with Gasteiger partial charge in [0.2, 0.25) is 0 Å². The number of hydrogen-bond acceptors (Lipinski definition) is 5. The molecular formula is C8H14O5. The summed E-state index contributed by atoms with van der Waals surface area (Å²) in [5.41, 5.74) is -0.564. The average Bonchev–Trinajstić information content (AvgIpc) is 2.13. The van der Waals surface area contributed by atoms with Crippen molar-refractivity contribution >= 4 is 11.8 Å². The van der Waals surface area contributed by atoms with Gasteiger partial charge in [0.25, 0.3) is 5.78 Å². The van der Waals surface area contributed by atoms with Crippen LogP contribution in [-0.4, -0.2) is 41.8 Å². The molecule has 0 aliphatic rings. The molecule has 5 nitrogen and oxygen atoms in total. The summed E-state index contributed by atoms with van der Waals surface area (Å²) >= 11 is 0. The van der Waals surface area contributed by atoms with Gasteiger partial charge in [-0.1, -0.05) is 13.8 Å². The van der Waals surface area contributed by atoms with Crippen molar-refractivity contribution in [2.75, 3.05) is 19.8 Å². The van der Waals surface area contributed by atoms with Crippen LogP contribution in [-0.2, 0) is 14.3 Å². The van der Waals surface area contributed by atoms with E-state index in [1.165, 1.54) is 0 Å². The van der Waals surface area contributed by atoms with Crippen LogP contribution >= 0.6 is 0 Å². The van der Waals surface area contributed by atoms with Gasteiger partial charge in [-0.2, -0.15) is 0 Å². The lowest BCUT2D eigenvalue weighted by molar-refractivity contribution is -0.157. The highest BCUT2D eigenvalue weighted by Crippen LogP contribution is 2.13. The van der Waals surface area contributed by atoms with E-state index in [-0.39, 0.29) is 13.2 Å². The first-order valence-corrected chi connectivity index (χ1v) is 3.84. The van der Waals surface area contributed by atoms with Crippen LogP contribution in [0.15, 0.2) is 0 Å². The van der Waals surface area contributed by atoms with E-state index in [2.05, 4.69) is 4.74 Å². The Balaban J connectivity index is 3.90. The summed E-state index contributed by atoms with van der Waals surface area (Å²) < 4.78 is 4.54. The van der Waals surface area contributed by atoms with Gasteiger partial charge in [-0.15, -0.1) is 0 Å². The third-order valence-corrected chi connectivity index (χ3v) is 1.39. The Labute approximate surface area is 76.3 Å². The van der Waals surface area contributed by atoms with E-state index in [0.717, 1.165) is 0 Å². The van der Waals surface area contributed by atoms with Crippen LogP contribution in [0.25, 0.3) is 0 Å². The van der Waals surface area contributed by atoms with E-state index in [4.69, 9.17) is 10.2 Å². The molecule has 0 radical (unpaired) electrons. The summed E-state index contributed by atoms with van der Waals surface area (Å²) in [4.78, 5) is 21.3. The third-order valence-electron chi connectivity index (χ3n) is 1.39. The molecule has 0 rings (SSSR count). The predicted molar refractivity (Wildman–Crippen MR) is 43.9 cm³/mol. The maximum atomic E-state index is 10.7. The van der Waals surface area contributed by atoms with E-state index in [1.54, 1.807) is 13.8 Å². The first-order chi connectivity index (χ1) is 5.93. The molecule has 0 bridgehead atoms. The fourth-order valence-corrected chi connectivity index (χ4v) is 0.452. The SMILES string of the molecule is CC(C)(CO)COC(=O)C(=O)CO. The largest absolute Gasteiger partial charge is 0.459 e. The third kappa shape index (κ3) is 4.59. The predicted octanol–water partition coefficient (Wildman–Crippen LogP) is -0.891. The minimum atomic E-state index is -1.07. The van der Waals surface area contributed by atoms with Gasteiger partial charge in [-0.3, -0.25) is 4.79 Å². The minimum absolute atomic E-state index is 0.0475. The van der Waals surface area contributed by atoms with Crippen LogP contribution in [0.1, 0.15) is 13.8 Å². The Kier molecular flexibility index (Phi) is 4.58. The fraction of sp³-hybridized carbons (Fsp3) is 0.750. The normalized spacial score (nSPS) is 11.1. The van der Waals surface area contributed by atoms with Crippen LogP contribution in [0.4, 0.5) is 0 Å². The second-order valence-corrected chi connectivity index (χ2v) is 3.48. The average molecular weight is 190 g/mol. The van der Waals surface area contributed by atoms with Crippen LogP contribution in [0.5, 0.6) is 0 Å². The quantitative estimate of drug-likeness (QED) is 0.434. The van der Waals surface area contributed by atoms with Gasteiger partial charge in [0, 0.05) is 5.41 Å². The molecule has 0 fully saturated rings. The van der Waals surface area contributed by atoms with Crippen molar-refractivity contribution in [2.24, 2.45) is 5.41 Å². The first-order valence-electron chi connectivity index (χ1n) is 3.84. The zero-order valence-corrected chi connectivity index (χ0v) is 7.74. The van der Waals surface area contributed by atoms with E-state index in [1.807, 2.05) is 0 Å². The molecule has 13 heavy (non-hydrogen) atoms. The molecule has 0 aliphatic carbocycles. The maximum absolute atomic E-state index is 10.7. The number of ether oxygens (including phenoxy) is 1. The monoisotopic (exact) mass is 190 g/mol. The van der Waals surface area contributed by atoms with Gasteiger partial charge in [0.1, 0.15) is 6.61 Å². The summed E-state index contributed by atoms with van der Waals surface area (Å²) in [6, 6.07) is 0. The summed E-state index contributed by atoms with van der Waals surface area (Å²) in [5, 5.41) is 17.1. The molecule has 76 valence electrons. The van der Waals surface area contributed by atoms with Crippen molar-refractivity contribution in [2.45, 2.75) is 13.8 Å². The maximum Gasteiger partial charge on any atom is 0.377 e. The molecule has 0 aromatic heterocycles. The van der Waals surface area contributed by atoms with Gasteiger partial charge in [0.05, 0.1) is 13.2 Å². The molecule has 2 N–H and O–H groups in total. The molecule has 0 heterocycles. The standard InChI is InChI=1S/C8H14O5/c1-8(2,4-10)5-13-7(12)6(11)3-9/h9-10H,3-5H2,1-2H3.